The van der Waals surface area contributed by atoms with E-state index in [-0.39, 0.29) is 19.5 Å². The van der Waals surface area contributed by atoms with Crippen LogP contribution in [0.3, 0.4) is 0 Å². The Labute approximate surface area is 94.3 Å². The molecule has 0 heterocycles. The third-order valence-electron chi connectivity index (χ3n) is 1.33. The Kier molecular flexibility index (Phi) is 11.0. The molecule has 1 aliphatic carbocycles. The van der Waals surface area contributed by atoms with Gasteiger partial charge in [0.15, 0.2) is 0 Å². The summed E-state index contributed by atoms with van der Waals surface area (Å²) in [7, 11) is -6.00. The van der Waals surface area contributed by atoms with Gasteiger partial charge < -0.3 is 17.3 Å². The Morgan fingerprint density at radius 2 is 0.786 bits per heavy atom. The van der Waals surface area contributed by atoms with Gasteiger partial charge in [-0.2, -0.15) is 0 Å². The molecule has 0 amide bonds. The van der Waals surface area contributed by atoms with E-state index in [4.69, 9.17) is 0 Å². The van der Waals surface area contributed by atoms with Gasteiger partial charge >= 0.3 is 7.25 Å². The molecule has 1 radical (unpaired) electrons. The summed E-state index contributed by atoms with van der Waals surface area (Å²) in [5.74, 6) is 0. The number of halogens is 4. The SMILES string of the molecule is C1=CCCC=CCC1.F[B-](F)(F)F.[Rh]. The van der Waals surface area contributed by atoms with Crippen molar-refractivity contribution >= 4 is 7.25 Å². The third-order valence-corrected chi connectivity index (χ3v) is 1.33. The van der Waals surface area contributed by atoms with Gasteiger partial charge in [0.05, 0.1) is 0 Å². The van der Waals surface area contributed by atoms with Crippen LogP contribution in [0.4, 0.5) is 17.3 Å². The van der Waals surface area contributed by atoms with Gasteiger partial charge in [0.2, 0.25) is 0 Å². The number of hydrogen-bond donors (Lipinski definition) is 0. The first-order chi connectivity index (χ1) is 6.00. The minimum Gasteiger partial charge on any atom is -0.418 e. The van der Waals surface area contributed by atoms with E-state index in [0.717, 1.165) is 0 Å². The Balaban J connectivity index is 0. The molecule has 0 aromatic carbocycles. The first kappa shape index (κ1) is 16.3. The fourth-order valence-electron chi connectivity index (χ4n) is 0.856. The molecule has 1 rings (SSSR count). The molecule has 14 heavy (non-hydrogen) atoms. The fraction of sp³-hybridized carbons (Fsp3) is 0.500. The van der Waals surface area contributed by atoms with Gasteiger partial charge in [0, 0.05) is 19.5 Å². The van der Waals surface area contributed by atoms with Gasteiger partial charge in [-0.15, -0.1) is 0 Å². The topological polar surface area (TPSA) is 0 Å². The summed E-state index contributed by atoms with van der Waals surface area (Å²) in [4.78, 5) is 0. The molecule has 0 N–H and O–H groups in total. The zero-order valence-electron chi connectivity index (χ0n) is 7.56. The van der Waals surface area contributed by atoms with Gasteiger partial charge in [-0.1, -0.05) is 24.3 Å². The first-order valence-electron chi connectivity index (χ1n) is 4.17. The summed E-state index contributed by atoms with van der Waals surface area (Å²) >= 11 is 0. The van der Waals surface area contributed by atoms with Crippen molar-refractivity contribution in [2.75, 3.05) is 0 Å². The standard InChI is InChI=1S/C8H12.BF4.Rh/c1-2-4-6-8-7-5-3-1;2-1(3,4)5;/h1-2,7-8H,3-6H2;;/q;-1;. The predicted molar refractivity (Wildman–Crippen MR) is 46.9 cm³/mol. The summed E-state index contributed by atoms with van der Waals surface area (Å²) in [5, 5.41) is 0. The second-order valence-corrected chi connectivity index (χ2v) is 2.59. The molecule has 0 bridgehead atoms. The van der Waals surface area contributed by atoms with Crippen molar-refractivity contribution in [2.24, 2.45) is 0 Å². The summed E-state index contributed by atoms with van der Waals surface area (Å²) in [6.07, 6.45) is 14.0. The summed E-state index contributed by atoms with van der Waals surface area (Å²) < 4.78 is 39.0. The van der Waals surface area contributed by atoms with Crippen LogP contribution in [-0.2, 0) is 19.5 Å². The van der Waals surface area contributed by atoms with E-state index in [1.165, 1.54) is 25.7 Å². The van der Waals surface area contributed by atoms with Crippen LogP contribution in [0.1, 0.15) is 25.7 Å². The van der Waals surface area contributed by atoms with Crippen LogP contribution in [-0.4, -0.2) is 7.25 Å². The molecule has 0 aliphatic heterocycles. The van der Waals surface area contributed by atoms with Gasteiger partial charge in [-0.3, -0.25) is 0 Å². The molecule has 0 atom stereocenters. The Morgan fingerprint density at radius 3 is 0.929 bits per heavy atom. The molecule has 6 heteroatoms. The molecule has 0 unspecified atom stereocenters. The Hall–Kier alpha value is -0.112. The molecule has 85 valence electrons. The van der Waals surface area contributed by atoms with Gasteiger partial charge in [-0.05, 0) is 25.7 Å². The molecular weight excluding hydrogens is 286 g/mol. The van der Waals surface area contributed by atoms with Crippen molar-refractivity contribution in [1.29, 1.82) is 0 Å². The molecule has 0 spiro atoms. The molecule has 0 nitrogen and oxygen atoms in total. The monoisotopic (exact) mass is 298 g/mol. The van der Waals surface area contributed by atoms with Crippen LogP contribution >= 0.6 is 0 Å². The van der Waals surface area contributed by atoms with E-state index in [9.17, 15) is 17.3 Å². The van der Waals surface area contributed by atoms with Crippen molar-refractivity contribution in [3.8, 4) is 0 Å². The minimum atomic E-state index is -6.00. The molecule has 0 fully saturated rings. The fourth-order valence-corrected chi connectivity index (χ4v) is 0.856. The maximum atomic E-state index is 9.75. The predicted octanol–water partition coefficient (Wildman–Crippen LogP) is 3.97. The van der Waals surface area contributed by atoms with Crippen molar-refractivity contribution < 1.29 is 36.7 Å². The Bertz CT molecular complexity index is 145. The van der Waals surface area contributed by atoms with E-state index in [1.54, 1.807) is 0 Å². The van der Waals surface area contributed by atoms with Crippen LogP contribution in [0, 0.1) is 0 Å². The van der Waals surface area contributed by atoms with Gasteiger partial charge in [0.25, 0.3) is 0 Å². The van der Waals surface area contributed by atoms with Gasteiger partial charge in [-0.25, -0.2) is 0 Å². The number of allylic oxidation sites excluding steroid dienone is 4. The first-order valence-corrected chi connectivity index (χ1v) is 4.17. The quantitative estimate of drug-likeness (QED) is 0.360. The average Bonchev–Trinajstić information content (AvgIpc) is 1.79. The van der Waals surface area contributed by atoms with Crippen molar-refractivity contribution in [3.05, 3.63) is 24.3 Å². The van der Waals surface area contributed by atoms with E-state index in [0.29, 0.717) is 0 Å². The van der Waals surface area contributed by atoms with E-state index >= 15 is 0 Å². The Morgan fingerprint density at radius 1 is 0.643 bits per heavy atom. The molecule has 0 saturated carbocycles. The van der Waals surface area contributed by atoms with Crippen molar-refractivity contribution in [2.45, 2.75) is 25.7 Å². The molecular formula is C8H12BF4Rh-. The maximum Gasteiger partial charge on any atom is 0.673 e. The van der Waals surface area contributed by atoms with Crippen LogP contribution in [0.15, 0.2) is 24.3 Å². The maximum absolute atomic E-state index is 9.75. The van der Waals surface area contributed by atoms with Crippen LogP contribution in [0.5, 0.6) is 0 Å². The van der Waals surface area contributed by atoms with E-state index < -0.39 is 7.25 Å². The smallest absolute Gasteiger partial charge is 0.418 e. The second kappa shape index (κ2) is 9.44. The van der Waals surface area contributed by atoms with Crippen molar-refractivity contribution in [3.63, 3.8) is 0 Å². The van der Waals surface area contributed by atoms with Crippen molar-refractivity contribution in [1.82, 2.24) is 0 Å². The van der Waals surface area contributed by atoms with Crippen LogP contribution in [0.25, 0.3) is 0 Å². The molecule has 0 saturated heterocycles. The average molecular weight is 298 g/mol. The molecule has 0 aromatic rings. The van der Waals surface area contributed by atoms with Gasteiger partial charge in [0.1, 0.15) is 0 Å². The third kappa shape index (κ3) is 22.7. The zero-order chi connectivity index (χ0) is 10.2. The summed E-state index contributed by atoms with van der Waals surface area (Å²) in [6.45, 7) is 0. The zero-order valence-corrected chi connectivity index (χ0v) is 9.20. The summed E-state index contributed by atoms with van der Waals surface area (Å²) in [5.41, 5.74) is 0. The molecule has 0 aromatic heterocycles. The molecule has 1 aliphatic rings. The second-order valence-electron chi connectivity index (χ2n) is 2.59. The number of rotatable bonds is 0. The van der Waals surface area contributed by atoms with E-state index in [1.807, 2.05) is 0 Å². The largest absolute Gasteiger partial charge is 0.673 e. The minimum absolute atomic E-state index is 0. The van der Waals surface area contributed by atoms with Crippen LogP contribution in [0.2, 0.25) is 0 Å². The summed E-state index contributed by atoms with van der Waals surface area (Å²) in [6, 6.07) is 0. The number of hydrogen-bond acceptors (Lipinski definition) is 0. The van der Waals surface area contributed by atoms with E-state index in [2.05, 4.69) is 24.3 Å². The van der Waals surface area contributed by atoms with Crippen LogP contribution < -0.4 is 0 Å². The normalized spacial score (nSPS) is 15.7.